The quantitative estimate of drug-likeness (QED) is 0.241. The van der Waals surface area contributed by atoms with E-state index in [4.69, 9.17) is 17.7 Å². The Morgan fingerprint density at radius 2 is 0.750 bits per heavy atom. The number of rotatable bonds is 19. The summed E-state index contributed by atoms with van der Waals surface area (Å²) in [6, 6.07) is 2.30. The largest absolute Gasteiger partial charge is 0.397 e. The van der Waals surface area contributed by atoms with Gasteiger partial charge in [0.15, 0.2) is 0 Å². The average Bonchev–Trinajstić information content (AvgIpc) is 2.61. The van der Waals surface area contributed by atoms with Gasteiger partial charge in [-0.15, -0.1) is 0 Å². The Balaban J connectivity index is 3.74. The fourth-order valence-electron chi connectivity index (χ4n) is 2.40. The summed E-state index contributed by atoms with van der Waals surface area (Å²) in [5, 5.41) is 0. The third-order valence-corrected chi connectivity index (χ3v) is 7.85. The lowest BCUT2D eigenvalue weighted by Crippen LogP contribution is -2.24. The van der Waals surface area contributed by atoms with E-state index in [1.54, 1.807) is 0 Å². The summed E-state index contributed by atoms with van der Waals surface area (Å²) in [7, 11) is -2.82. The molecule has 0 aliphatic carbocycles. The molecule has 0 radical (unpaired) electrons. The Labute approximate surface area is 154 Å². The maximum Gasteiger partial charge on any atom is 0.321 e. The Hall–Kier alpha value is 0.274. The standard InChI is InChI=1S/C18H42O4Si2/c1-5-13-19-23(20-14-6-2)17-11-9-10-12-18-24(21-15-7-3)22-16-8-4/h23-24H,5-18H2,1-4H3. The summed E-state index contributed by atoms with van der Waals surface area (Å²) in [5.74, 6) is 0. The molecule has 0 aliphatic rings. The first-order valence-electron chi connectivity index (χ1n) is 10.2. The smallest absolute Gasteiger partial charge is 0.321 e. The van der Waals surface area contributed by atoms with Crippen LogP contribution in [0.4, 0.5) is 0 Å². The first-order chi connectivity index (χ1) is 11.8. The van der Waals surface area contributed by atoms with Gasteiger partial charge in [-0.2, -0.15) is 0 Å². The molecular weight excluding hydrogens is 336 g/mol. The third kappa shape index (κ3) is 15.8. The van der Waals surface area contributed by atoms with Crippen molar-refractivity contribution >= 4 is 18.6 Å². The summed E-state index contributed by atoms with van der Waals surface area (Å²) in [4.78, 5) is 0. The van der Waals surface area contributed by atoms with Crippen molar-refractivity contribution in [3.8, 4) is 0 Å². The zero-order chi connectivity index (χ0) is 17.9. The normalized spacial score (nSPS) is 11.8. The molecule has 4 nitrogen and oxygen atoms in total. The van der Waals surface area contributed by atoms with Gasteiger partial charge in [0.2, 0.25) is 0 Å². The SMILES string of the molecule is CCCO[SiH](CCCCCC[SiH](OCCC)OCCC)OCCC. The van der Waals surface area contributed by atoms with Crippen LogP contribution >= 0.6 is 0 Å². The second-order valence-corrected chi connectivity index (χ2v) is 10.5. The Morgan fingerprint density at radius 3 is 1.00 bits per heavy atom. The molecule has 0 heterocycles. The Morgan fingerprint density at radius 1 is 0.458 bits per heavy atom. The van der Waals surface area contributed by atoms with Crippen LogP contribution in [0.2, 0.25) is 12.1 Å². The molecule has 146 valence electrons. The molecule has 0 spiro atoms. The van der Waals surface area contributed by atoms with E-state index >= 15 is 0 Å². The molecule has 0 atom stereocenters. The summed E-state index contributed by atoms with van der Waals surface area (Å²) in [6.45, 7) is 12.1. The highest BCUT2D eigenvalue weighted by Crippen LogP contribution is 2.12. The molecule has 0 unspecified atom stereocenters. The van der Waals surface area contributed by atoms with Crippen LogP contribution < -0.4 is 0 Å². The molecular formula is C18H42O4Si2. The second kappa shape index (κ2) is 19.6. The van der Waals surface area contributed by atoms with Crippen LogP contribution in [-0.4, -0.2) is 45.0 Å². The lowest BCUT2D eigenvalue weighted by molar-refractivity contribution is 0.194. The van der Waals surface area contributed by atoms with Crippen molar-refractivity contribution in [1.82, 2.24) is 0 Å². The van der Waals surface area contributed by atoms with Gasteiger partial charge >= 0.3 is 18.6 Å². The molecule has 0 bridgehead atoms. The predicted octanol–water partition coefficient (Wildman–Crippen LogP) is 4.69. The minimum Gasteiger partial charge on any atom is -0.397 e. The molecule has 0 fully saturated rings. The van der Waals surface area contributed by atoms with E-state index < -0.39 is 18.6 Å². The molecule has 0 aromatic carbocycles. The summed E-state index contributed by atoms with van der Waals surface area (Å²) in [6.07, 6.45) is 9.36. The fourth-order valence-corrected chi connectivity index (χ4v) is 6.50. The van der Waals surface area contributed by atoms with E-state index in [1.165, 1.54) is 25.7 Å². The minimum absolute atomic E-state index is 0.859. The zero-order valence-corrected chi connectivity index (χ0v) is 19.0. The molecule has 0 aromatic heterocycles. The van der Waals surface area contributed by atoms with Gasteiger partial charge in [0.05, 0.1) is 0 Å². The molecule has 0 N–H and O–H groups in total. The molecule has 0 amide bonds. The average molecular weight is 379 g/mol. The molecule has 0 aromatic rings. The monoisotopic (exact) mass is 378 g/mol. The molecule has 0 saturated carbocycles. The van der Waals surface area contributed by atoms with Crippen molar-refractivity contribution in [3.63, 3.8) is 0 Å². The van der Waals surface area contributed by atoms with Gasteiger partial charge in [0.1, 0.15) is 0 Å². The van der Waals surface area contributed by atoms with Crippen LogP contribution in [0.25, 0.3) is 0 Å². The van der Waals surface area contributed by atoms with Gasteiger partial charge < -0.3 is 17.7 Å². The maximum atomic E-state index is 5.91. The van der Waals surface area contributed by atoms with Gasteiger partial charge in [-0.1, -0.05) is 53.4 Å². The third-order valence-electron chi connectivity index (χ3n) is 3.66. The highest BCUT2D eigenvalue weighted by Gasteiger charge is 2.14. The van der Waals surface area contributed by atoms with E-state index in [0.29, 0.717) is 0 Å². The lowest BCUT2D eigenvalue weighted by atomic mass is 10.2. The van der Waals surface area contributed by atoms with Crippen molar-refractivity contribution in [3.05, 3.63) is 0 Å². The second-order valence-electron chi connectivity index (χ2n) is 6.33. The topological polar surface area (TPSA) is 36.9 Å². The van der Waals surface area contributed by atoms with E-state index in [-0.39, 0.29) is 0 Å². The van der Waals surface area contributed by atoms with Crippen molar-refractivity contribution in [2.45, 2.75) is 91.1 Å². The summed E-state index contributed by atoms with van der Waals surface area (Å²) < 4.78 is 23.6. The number of hydrogen-bond donors (Lipinski definition) is 0. The molecule has 0 saturated heterocycles. The van der Waals surface area contributed by atoms with Crippen molar-refractivity contribution in [1.29, 1.82) is 0 Å². The van der Waals surface area contributed by atoms with Crippen LogP contribution in [0.3, 0.4) is 0 Å². The molecule has 0 aliphatic heterocycles. The first kappa shape index (κ1) is 24.3. The van der Waals surface area contributed by atoms with Crippen LogP contribution in [0, 0.1) is 0 Å². The number of hydrogen-bond acceptors (Lipinski definition) is 4. The highest BCUT2D eigenvalue weighted by atomic mass is 28.3. The Kier molecular flexibility index (Phi) is 19.8. The van der Waals surface area contributed by atoms with Crippen LogP contribution in [-0.2, 0) is 17.7 Å². The highest BCUT2D eigenvalue weighted by molar-refractivity contribution is 6.44. The van der Waals surface area contributed by atoms with Crippen molar-refractivity contribution in [2.75, 3.05) is 26.4 Å². The van der Waals surface area contributed by atoms with Gasteiger partial charge in [0, 0.05) is 26.4 Å². The maximum absolute atomic E-state index is 5.91. The molecule has 24 heavy (non-hydrogen) atoms. The summed E-state index contributed by atoms with van der Waals surface area (Å²) >= 11 is 0. The van der Waals surface area contributed by atoms with Gasteiger partial charge in [-0.25, -0.2) is 0 Å². The predicted molar refractivity (Wildman–Crippen MR) is 107 cm³/mol. The molecule has 6 heteroatoms. The fraction of sp³-hybridized carbons (Fsp3) is 1.00. The Bertz CT molecular complexity index is 205. The van der Waals surface area contributed by atoms with Gasteiger partial charge in [-0.3, -0.25) is 0 Å². The van der Waals surface area contributed by atoms with E-state index in [9.17, 15) is 0 Å². The first-order valence-corrected chi connectivity index (χ1v) is 13.8. The van der Waals surface area contributed by atoms with E-state index in [1.807, 2.05) is 0 Å². The van der Waals surface area contributed by atoms with Crippen LogP contribution in [0.15, 0.2) is 0 Å². The lowest BCUT2D eigenvalue weighted by Gasteiger charge is -2.17. The van der Waals surface area contributed by atoms with Crippen molar-refractivity contribution in [2.24, 2.45) is 0 Å². The van der Waals surface area contributed by atoms with E-state index in [2.05, 4.69) is 27.7 Å². The number of unbranched alkanes of at least 4 members (excludes halogenated alkanes) is 3. The van der Waals surface area contributed by atoms with Crippen molar-refractivity contribution < 1.29 is 17.7 Å². The van der Waals surface area contributed by atoms with Crippen LogP contribution in [0.1, 0.15) is 79.1 Å². The van der Waals surface area contributed by atoms with Gasteiger partial charge in [0.25, 0.3) is 0 Å². The van der Waals surface area contributed by atoms with E-state index in [0.717, 1.165) is 64.2 Å². The van der Waals surface area contributed by atoms with Gasteiger partial charge in [-0.05, 0) is 37.8 Å². The minimum atomic E-state index is -1.41. The zero-order valence-electron chi connectivity index (χ0n) is 16.7. The summed E-state index contributed by atoms with van der Waals surface area (Å²) in [5.41, 5.74) is 0. The van der Waals surface area contributed by atoms with Crippen LogP contribution in [0.5, 0.6) is 0 Å². The molecule has 0 rings (SSSR count).